The molecule has 0 N–H and O–H groups in total. The Morgan fingerprint density at radius 2 is 2.00 bits per heavy atom. The Balaban J connectivity index is 3.02. The van der Waals surface area contributed by atoms with E-state index in [0.717, 1.165) is 37.6 Å². The molecule has 1 heterocycles. The highest BCUT2D eigenvalue weighted by Gasteiger charge is 2.28. The van der Waals surface area contributed by atoms with E-state index in [1.165, 1.54) is 0 Å². The Morgan fingerprint density at radius 1 is 1.39 bits per heavy atom. The topological polar surface area (TPSA) is 34.9 Å². The van der Waals surface area contributed by atoms with Crippen molar-refractivity contribution >= 4 is 38.5 Å². The Bertz CT molecular complexity index is 427. The summed E-state index contributed by atoms with van der Waals surface area (Å²) in [5, 5.41) is 0.930. The lowest BCUT2D eigenvalue weighted by atomic mass is 9.81. The molecule has 0 bridgehead atoms. The molecule has 1 aromatic rings. The minimum Gasteiger partial charge on any atom is -0.298 e. The van der Waals surface area contributed by atoms with Crippen molar-refractivity contribution in [1.82, 2.24) is 9.55 Å². The van der Waals surface area contributed by atoms with Gasteiger partial charge in [-0.05, 0) is 40.8 Å². The summed E-state index contributed by atoms with van der Waals surface area (Å²) in [5.41, 5.74) is 0.238. The molecule has 0 aliphatic carbocycles. The minimum absolute atomic E-state index is 0.0723. The van der Waals surface area contributed by atoms with Gasteiger partial charge < -0.3 is 0 Å². The number of rotatable bonds is 7. The van der Waals surface area contributed by atoms with Crippen LogP contribution in [0.25, 0.3) is 0 Å². The summed E-state index contributed by atoms with van der Waals surface area (Å²) >= 11 is 5.69. The average Bonchev–Trinajstić information content (AvgIpc) is 2.35. The van der Waals surface area contributed by atoms with E-state index in [2.05, 4.69) is 34.8 Å². The van der Waals surface area contributed by atoms with Gasteiger partial charge in [0.1, 0.15) is 0 Å². The van der Waals surface area contributed by atoms with Crippen LogP contribution in [0.4, 0.5) is 0 Å². The quantitative estimate of drug-likeness (QED) is 0.490. The normalized spacial score (nSPS) is 11.8. The summed E-state index contributed by atoms with van der Waals surface area (Å²) in [6.45, 7) is 5.15. The number of alkyl halides is 1. The van der Waals surface area contributed by atoms with Gasteiger partial charge in [0.15, 0.2) is 0 Å². The van der Waals surface area contributed by atoms with E-state index in [1.807, 2.05) is 22.6 Å². The number of hydrogen-bond acceptors (Lipinski definition) is 2. The van der Waals surface area contributed by atoms with Gasteiger partial charge in [-0.2, -0.15) is 0 Å². The molecule has 0 aliphatic heterocycles. The Morgan fingerprint density at radius 3 is 2.50 bits per heavy atom. The van der Waals surface area contributed by atoms with Crippen molar-refractivity contribution in [3.05, 3.63) is 26.4 Å². The molecular weight excluding hydrogens is 407 g/mol. The van der Waals surface area contributed by atoms with E-state index in [9.17, 15) is 4.79 Å². The predicted molar refractivity (Wildman–Crippen MR) is 87.3 cm³/mol. The van der Waals surface area contributed by atoms with Gasteiger partial charge in [-0.1, -0.05) is 42.6 Å². The van der Waals surface area contributed by atoms with Crippen LogP contribution in [0.1, 0.15) is 39.5 Å². The molecule has 0 aromatic carbocycles. The number of nitrogens with zero attached hydrogens (tertiary/aromatic N) is 2. The van der Waals surface area contributed by atoms with Gasteiger partial charge in [0.05, 0.1) is 9.90 Å². The second-order valence-electron chi connectivity index (χ2n) is 4.81. The molecule has 0 amide bonds. The third-order valence-corrected chi connectivity index (χ3v) is 5.14. The van der Waals surface area contributed by atoms with Gasteiger partial charge in [-0.25, -0.2) is 4.98 Å². The number of hydrogen-bond donors (Lipinski definition) is 0. The van der Waals surface area contributed by atoms with Gasteiger partial charge in [-0.15, -0.1) is 0 Å². The maximum atomic E-state index is 12.1. The maximum Gasteiger partial charge on any atom is 0.266 e. The monoisotopic (exact) mass is 426 g/mol. The van der Waals surface area contributed by atoms with Crippen LogP contribution in [0, 0.1) is 8.99 Å². The van der Waals surface area contributed by atoms with Crippen molar-refractivity contribution in [2.75, 3.05) is 5.33 Å². The van der Waals surface area contributed by atoms with Crippen LogP contribution >= 0.6 is 38.5 Å². The predicted octanol–water partition coefficient (Wildman–Crippen LogP) is 3.83. The SMILES string of the molecule is CCCC(CBr)(CCC)Cn1cncc(I)c1=O. The Labute approximate surface area is 131 Å². The van der Waals surface area contributed by atoms with Gasteiger partial charge in [0.2, 0.25) is 0 Å². The molecule has 0 unspecified atom stereocenters. The third kappa shape index (κ3) is 4.05. The van der Waals surface area contributed by atoms with Crippen LogP contribution < -0.4 is 5.56 Å². The largest absolute Gasteiger partial charge is 0.298 e. The molecular formula is C13H20BrIN2O. The Hall–Kier alpha value is 0.0900. The molecule has 18 heavy (non-hydrogen) atoms. The molecule has 0 spiro atoms. The fraction of sp³-hybridized carbons (Fsp3) is 0.692. The van der Waals surface area contributed by atoms with Crippen LogP contribution in [-0.4, -0.2) is 14.9 Å². The van der Waals surface area contributed by atoms with Crippen LogP contribution in [-0.2, 0) is 6.54 Å². The molecule has 1 rings (SSSR count). The highest BCUT2D eigenvalue weighted by Crippen LogP contribution is 2.33. The molecule has 0 fully saturated rings. The molecule has 0 atom stereocenters. The lowest BCUT2D eigenvalue weighted by molar-refractivity contribution is 0.229. The Kier molecular flexibility index (Phi) is 6.84. The standard InChI is InChI=1S/C13H20BrIN2O/c1-3-5-13(8-14,6-4-2)9-17-10-16-7-11(15)12(17)18/h7,10H,3-6,8-9H2,1-2H3. The van der Waals surface area contributed by atoms with E-state index in [0.29, 0.717) is 3.57 Å². The highest BCUT2D eigenvalue weighted by molar-refractivity contribution is 14.1. The summed E-state index contributed by atoms with van der Waals surface area (Å²) in [6, 6.07) is 0. The molecule has 3 nitrogen and oxygen atoms in total. The summed E-state index contributed by atoms with van der Waals surface area (Å²) in [5.74, 6) is 0. The van der Waals surface area contributed by atoms with E-state index in [-0.39, 0.29) is 11.0 Å². The van der Waals surface area contributed by atoms with E-state index < -0.39 is 0 Å². The summed E-state index contributed by atoms with van der Waals surface area (Å²) in [4.78, 5) is 16.2. The first-order valence-electron chi connectivity index (χ1n) is 6.34. The first-order chi connectivity index (χ1) is 8.58. The first-order valence-corrected chi connectivity index (χ1v) is 8.54. The van der Waals surface area contributed by atoms with Crippen molar-refractivity contribution in [2.45, 2.75) is 46.1 Å². The smallest absolute Gasteiger partial charge is 0.266 e. The molecule has 5 heteroatoms. The van der Waals surface area contributed by atoms with Crippen molar-refractivity contribution in [2.24, 2.45) is 5.41 Å². The summed E-state index contributed by atoms with van der Waals surface area (Å²) < 4.78 is 2.44. The number of halogens is 2. The highest BCUT2D eigenvalue weighted by atomic mass is 127. The fourth-order valence-corrected chi connectivity index (χ4v) is 3.63. The lowest BCUT2D eigenvalue weighted by Crippen LogP contribution is -2.34. The fourth-order valence-electron chi connectivity index (χ4n) is 2.42. The van der Waals surface area contributed by atoms with Crippen molar-refractivity contribution in [1.29, 1.82) is 0 Å². The van der Waals surface area contributed by atoms with Gasteiger partial charge in [0, 0.05) is 18.1 Å². The van der Waals surface area contributed by atoms with E-state index >= 15 is 0 Å². The molecule has 0 aliphatic rings. The van der Waals surface area contributed by atoms with Crippen LogP contribution in [0.2, 0.25) is 0 Å². The van der Waals surface area contributed by atoms with Crippen LogP contribution in [0.5, 0.6) is 0 Å². The van der Waals surface area contributed by atoms with Crippen LogP contribution in [0.3, 0.4) is 0 Å². The van der Waals surface area contributed by atoms with Crippen molar-refractivity contribution < 1.29 is 0 Å². The molecule has 0 saturated heterocycles. The van der Waals surface area contributed by atoms with Gasteiger partial charge in [0.25, 0.3) is 5.56 Å². The van der Waals surface area contributed by atoms with E-state index in [1.54, 1.807) is 17.1 Å². The van der Waals surface area contributed by atoms with Gasteiger partial charge in [-0.3, -0.25) is 9.36 Å². The second kappa shape index (κ2) is 7.62. The second-order valence-corrected chi connectivity index (χ2v) is 6.53. The zero-order chi connectivity index (χ0) is 13.6. The maximum absolute atomic E-state index is 12.1. The molecule has 0 saturated carbocycles. The average molecular weight is 427 g/mol. The molecule has 1 aromatic heterocycles. The molecule has 102 valence electrons. The van der Waals surface area contributed by atoms with Crippen LogP contribution in [0.15, 0.2) is 17.3 Å². The van der Waals surface area contributed by atoms with E-state index in [4.69, 9.17) is 0 Å². The van der Waals surface area contributed by atoms with Crippen molar-refractivity contribution in [3.8, 4) is 0 Å². The summed E-state index contributed by atoms with van der Waals surface area (Å²) in [6.07, 6.45) is 7.81. The molecule has 0 radical (unpaired) electrons. The minimum atomic E-state index is 0.0723. The first kappa shape index (κ1) is 16.1. The number of aromatic nitrogens is 2. The van der Waals surface area contributed by atoms with Crippen molar-refractivity contribution in [3.63, 3.8) is 0 Å². The lowest BCUT2D eigenvalue weighted by Gasteiger charge is -2.32. The summed E-state index contributed by atoms with van der Waals surface area (Å²) in [7, 11) is 0. The zero-order valence-electron chi connectivity index (χ0n) is 11.0. The van der Waals surface area contributed by atoms with Gasteiger partial charge >= 0.3 is 0 Å². The zero-order valence-corrected chi connectivity index (χ0v) is 14.7. The third-order valence-electron chi connectivity index (χ3n) is 3.21.